The number of imidazole rings is 1. The lowest BCUT2D eigenvalue weighted by Gasteiger charge is -2.19. The third kappa shape index (κ3) is 9.97. The van der Waals surface area contributed by atoms with Gasteiger partial charge < -0.3 is 14.8 Å². The number of aromatic nitrogens is 4. The molecule has 0 aromatic carbocycles. The molecule has 0 aliphatic carbocycles. The minimum atomic E-state index is -5.08. The zero-order valence-electron chi connectivity index (χ0n) is 19.3. The molecule has 38 heavy (non-hydrogen) atoms. The molecule has 208 valence electrons. The van der Waals surface area contributed by atoms with Crippen LogP contribution >= 0.6 is 11.3 Å². The Balaban J connectivity index is 0.000000301. The number of aliphatic carboxylic acids is 2. The summed E-state index contributed by atoms with van der Waals surface area (Å²) in [7, 11) is 0. The zero-order valence-corrected chi connectivity index (χ0v) is 20.1. The maximum atomic E-state index is 12.5. The summed E-state index contributed by atoms with van der Waals surface area (Å²) in [4.78, 5) is 41.4. The van der Waals surface area contributed by atoms with Crippen LogP contribution < -0.4 is 5.56 Å². The molecule has 0 spiro atoms. The number of thiophene rings is 1. The zero-order chi connectivity index (χ0) is 28.5. The van der Waals surface area contributed by atoms with Gasteiger partial charge in [-0.15, -0.1) is 0 Å². The molecule has 3 aromatic rings. The van der Waals surface area contributed by atoms with Gasteiger partial charge in [0.25, 0.3) is 5.56 Å². The molecular weight excluding hydrogens is 548 g/mol. The molecule has 0 unspecified atom stereocenters. The molecule has 2 N–H and O–H groups in total. The SMILES string of the molecule is O=C(O)C(F)(F)F.O=C(O)C(F)(F)F.O=c1cc(Cn2ccnc2)nc2n1CCCN(Cc1ccsc1)C2. The quantitative estimate of drug-likeness (QED) is 0.458. The number of carboxylic acids is 2. The molecule has 0 amide bonds. The third-order valence-electron chi connectivity index (χ3n) is 4.74. The van der Waals surface area contributed by atoms with E-state index in [1.807, 2.05) is 15.3 Å². The van der Waals surface area contributed by atoms with Crippen LogP contribution in [0.1, 0.15) is 23.5 Å². The van der Waals surface area contributed by atoms with Crippen LogP contribution in [0.15, 0.2) is 46.4 Å². The fourth-order valence-electron chi connectivity index (χ4n) is 3.12. The molecular formula is C21H21F6N5O5S. The number of alkyl halides is 6. The van der Waals surface area contributed by atoms with Crippen LogP contribution in [0.5, 0.6) is 0 Å². The minimum Gasteiger partial charge on any atom is -0.475 e. The van der Waals surface area contributed by atoms with Crippen molar-refractivity contribution in [2.75, 3.05) is 6.54 Å². The smallest absolute Gasteiger partial charge is 0.475 e. The average molecular weight is 569 g/mol. The Morgan fingerprint density at radius 3 is 2.16 bits per heavy atom. The van der Waals surface area contributed by atoms with Gasteiger partial charge >= 0.3 is 24.3 Å². The maximum absolute atomic E-state index is 12.5. The van der Waals surface area contributed by atoms with Gasteiger partial charge in [0.1, 0.15) is 5.82 Å². The van der Waals surface area contributed by atoms with Crippen LogP contribution in [0.2, 0.25) is 0 Å². The Morgan fingerprint density at radius 2 is 1.66 bits per heavy atom. The summed E-state index contributed by atoms with van der Waals surface area (Å²) in [6.45, 7) is 3.92. The van der Waals surface area contributed by atoms with Gasteiger partial charge in [-0.2, -0.15) is 37.7 Å². The number of halogens is 6. The number of nitrogens with zero attached hydrogens (tertiary/aromatic N) is 5. The Labute approximate surface area is 214 Å². The number of carbonyl (C=O) groups is 2. The van der Waals surface area contributed by atoms with Crippen LogP contribution in [0.4, 0.5) is 26.3 Å². The van der Waals surface area contributed by atoms with Crippen LogP contribution in [-0.4, -0.2) is 65.1 Å². The van der Waals surface area contributed by atoms with E-state index in [1.54, 1.807) is 29.9 Å². The summed E-state index contributed by atoms with van der Waals surface area (Å²) in [6, 6.07) is 3.81. The monoisotopic (exact) mass is 569 g/mol. The number of carboxylic acid groups (broad SMARTS) is 2. The van der Waals surface area contributed by atoms with Gasteiger partial charge in [0.05, 0.1) is 25.1 Å². The Hall–Kier alpha value is -3.73. The van der Waals surface area contributed by atoms with Crippen molar-refractivity contribution in [3.63, 3.8) is 0 Å². The van der Waals surface area contributed by atoms with E-state index in [1.165, 1.54) is 5.56 Å². The molecule has 0 atom stereocenters. The highest BCUT2D eigenvalue weighted by atomic mass is 32.1. The standard InChI is InChI=1S/C17H19N5OS.2C2HF3O2/c23-17-8-15(10-21-6-3-18-13-21)19-16-11-20(4-1-5-22(16)17)9-14-2-7-24-12-14;2*3-2(4,5)1(6)7/h2-3,6-8,12-13H,1,4-5,9-11H2;2*(H,6,7). The summed E-state index contributed by atoms with van der Waals surface area (Å²) in [5.74, 6) is -4.65. The summed E-state index contributed by atoms with van der Waals surface area (Å²) >= 11 is 1.72. The highest BCUT2D eigenvalue weighted by molar-refractivity contribution is 7.07. The normalized spacial score (nSPS) is 13.7. The van der Waals surface area contributed by atoms with E-state index in [0.29, 0.717) is 13.1 Å². The number of hydrogen-bond acceptors (Lipinski definition) is 7. The predicted molar refractivity (Wildman–Crippen MR) is 120 cm³/mol. The maximum Gasteiger partial charge on any atom is 0.490 e. The average Bonchev–Trinajstić information content (AvgIpc) is 3.45. The van der Waals surface area contributed by atoms with Crippen LogP contribution in [0, 0.1) is 0 Å². The largest absolute Gasteiger partial charge is 0.490 e. The van der Waals surface area contributed by atoms with Gasteiger partial charge in [-0.3, -0.25) is 14.3 Å². The second-order valence-corrected chi connectivity index (χ2v) is 8.47. The molecule has 0 saturated heterocycles. The lowest BCUT2D eigenvalue weighted by molar-refractivity contribution is -0.193. The van der Waals surface area contributed by atoms with E-state index in [0.717, 1.165) is 37.6 Å². The highest BCUT2D eigenvalue weighted by Crippen LogP contribution is 2.16. The Kier molecular flexibility index (Phi) is 10.6. The van der Waals surface area contributed by atoms with Gasteiger partial charge in [-0.05, 0) is 28.8 Å². The van der Waals surface area contributed by atoms with Crippen LogP contribution in [-0.2, 0) is 35.8 Å². The van der Waals surface area contributed by atoms with Crippen LogP contribution in [0.25, 0.3) is 0 Å². The topological polar surface area (TPSA) is 131 Å². The second-order valence-electron chi connectivity index (χ2n) is 7.69. The van der Waals surface area contributed by atoms with Gasteiger partial charge in [0, 0.05) is 38.1 Å². The molecule has 0 radical (unpaired) electrons. The van der Waals surface area contributed by atoms with E-state index in [4.69, 9.17) is 24.8 Å². The second kappa shape index (κ2) is 13.2. The van der Waals surface area contributed by atoms with Gasteiger partial charge in [-0.1, -0.05) is 0 Å². The molecule has 4 heterocycles. The van der Waals surface area contributed by atoms with Crippen molar-refractivity contribution in [1.82, 2.24) is 24.0 Å². The summed E-state index contributed by atoms with van der Waals surface area (Å²) in [6.07, 6.45) is -3.83. The van der Waals surface area contributed by atoms with Gasteiger partial charge in [-0.25, -0.2) is 19.6 Å². The van der Waals surface area contributed by atoms with E-state index in [-0.39, 0.29) is 5.56 Å². The van der Waals surface area contributed by atoms with Crippen molar-refractivity contribution in [3.05, 3.63) is 69.0 Å². The van der Waals surface area contributed by atoms with Crippen molar-refractivity contribution in [3.8, 4) is 0 Å². The fraction of sp³-hybridized carbons (Fsp3) is 0.381. The number of hydrogen-bond donors (Lipinski definition) is 2. The number of rotatable bonds is 4. The summed E-state index contributed by atoms with van der Waals surface area (Å²) in [5, 5.41) is 18.5. The Bertz CT molecular complexity index is 1220. The molecule has 1 aliphatic rings. The molecule has 0 fully saturated rings. The van der Waals surface area contributed by atoms with E-state index in [9.17, 15) is 31.1 Å². The molecule has 17 heteroatoms. The highest BCUT2D eigenvalue weighted by Gasteiger charge is 2.38. The van der Waals surface area contributed by atoms with Crippen molar-refractivity contribution in [1.29, 1.82) is 0 Å². The third-order valence-corrected chi connectivity index (χ3v) is 5.47. The van der Waals surface area contributed by atoms with E-state index < -0.39 is 24.3 Å². The van der Waals surface area contributed by atoms with Crippen molar-refractivity contribution < 1.29 is 46.1 Å². The molecule has 4 rings (SSSR count). The summed E-state index contributed by atoms with van der Waals surface area (Å²) < 4.78 is 67.2. The van der Waals surface area contributed by atoms with Gasteiger partial charge in [0.15, 0.2) is 0 Å². The van der Waals surface area contributed by atoms with Gasteiger partial charge in [0.2, 0.25) is 0 Å². The molecule has 0 bridgehead atoms. The van der Waals surface area contributed by atoms with E-state index >= 15 is 0 Å². The Morgan fingerprint density at radius 1 is 1.03 bits per heavy atom. The fourth-order valence-corrected chi connectivity index (χ4v) is 3.78. The minimum absolute atomic E-state index is 0.0486. The van der Waals surface area contributed by atoms with Crippen molar-refractivity contribution in [2.24, 2.45) is 0 Å². The molecule has 3 aromatic heterocycles. The lowest BCUT2D eigenvalue weighted by atomic mass is 10.3. The molecule has 10 nitrogen and oxygen atoms in total. The molecule has 1 aliphatic heterocycles. The van der Waals surface area contributed by atoms with Crippen LogP contribution in [0.3, 0.4) is 0 Å². The predicted octanol–water partition coefficient (Wildman–Crippen LogP) is 3.22. The van der Waals surface area contributed by atoms with E-state index in [2.05, 4.69) is 26.7 Å². The lowest BCUT2D eigenvalue weighted by Crippen LogP contribution is -2.27. The first kappa shape index (κ1) is 30.5. The van der Waals surface area contributed by atoms with Crippen molar-refractivity contribution >= 4 is 23.3 Å². The molecule has 0 saturated carbocycles. The first-order chi connectivity index (χ1) is 17.7. The number of fused-ring (bicyclic) bond motifs is 1. The summed E-state index contributed by atoms with van der Waals surface area (Å²) in [5.41, 5.74) is 2.17. The first-order valence-electron chi connectivity index (χ1n) is 10.6. The van der Waals surface area contributed by atoms with Crippen molar-refractivity contribution in [2.45, 2.75) is 45.0 Å². The first-order valence-corrected chi connectivity index (χ1v) is 11.5.